The Bertz CT molecular complexity index is 444. The first-order valence-electron chi connectivity index (χ1n) is 7.85. The first-order valence-corrected chi connectivity index (χ1v) is 7.85. The largest absolute Gasteiger partial charge is 0.383 e. The van der Waals surface area contributed by atoms with Crippen molar-refractivity contribution in [3.63, 3.8) is 0 Å². The van der Waals surface area contributed by atoms with Crippen molar-refractivity contribution in [2.24, 2.45) is 5.92 Å². The first-order chi connectivity index (χ1) is 10.1. The summed E-state index contributed by atoms with van der Waals surface area (Å²) < 4.78 is 5.25. The summed E-state index contributed by atoms with van der Waals surface area (Å²) in [6, 6.07) is 10.6. The Kier molecular flexibility index (Phi) is 5.54. The van der Waals surface area contributed by atoms with Crippen LogP contribution in [-0.2, 0) is 14.9 Å². The molecule has 116 valence electrons. The van der Waals surface area contributed by atoms with E-state index in [-0.39, 0.29) is 0 Å². The maximum Gasteiger partial charge on any atom is 0.131 e. The highest BCUT2D eigenvalue weighted by atomic mass is 16.5. The Balaban J connectivity index is 2.13. The molecule has 1 fully saturated rings. The average Bonchev–Trinajstić information content (AvgIpc) is 3.36. The van der Waals surface area contributed by atoms with E-state index < -0.39 is 5.41 Å². The molecule has 1 aromatic carbocycles. The van der Waals surface area contributed by atoms with Crippen molar-refractivity contribution in [3.05, 3.63) is 35.9 Å². The Morgan fingerprint density at radius 1 is 1.38 bits per heavy atom. The summed E-state index contributed by atoms with van der Waals surface area (Å²) in [4.78, 5) is 14.2. The van der Waals surface area contributed by atoms with Crippen LogP contribution in [0.3, 0.4) is 0 Å². The van der Waals surface area contributed by atoms with Crippen LogP contribution in [0.4, 0.5) is 0 Å². The quantitative estimate of drug-likeness (QED) is 0.655. The number of carbonyl (C=O) groups excluding carboxylic acids is 1. The highest BCUT2D eigenvalue weighted by molar-refractivity contribution is 5.68. The van der Waals surface area contributed by atoms with Gasteiger partial charge in [-0.3, -0.25) is 4.90 Å². The zero-order valence-corrected chi connectivity index (χ0v) is 13.4. The Morgan fingerprint density at radius 3 is 2.57 bits per heavy atom. The minimum Gasteiger partial charge on any atom is -0.383 e. The average molecular weight is 289 g/mol. The van der Waals surface area contributed by atoms with Crippen molar-refractivity contribution in [1.29, 1.82) is 0 Å². The van der Waals surface area contributed by atoms with Crippen molar-refractivity contribution >= 4 is 6.29 Å². The minimum atomic E-state index is -0.460. The maximum absolute atomic E-state index is 11.8. The SMILES string of the molecule is COCCN(CC(C)(C=O)c1ccccc1)C(C)C1CC1. The van der Waals surface area contributed by atoms with Gasteiger partial charge in [-0.1, -0.05) is 30.3 Å². The van der Waals surface area contributed by atoms with Gasteiger partial charge >= 0.3 is 0 Å². The van der Waals surface area contributed by atoms with Crippen molar-refractivity contribution in [3.8, 4) is 0 Å². The van der Waals surface area contributed by atoms with Crippen molar-refractivity contribution in [1.82, 2.24) is 4.90 Å². The molecule has 3 nitrogen and oxygen atoms in total. The van der Waals surface area contributed by atoms with Gasteiger partial charge in [0, 0.05) is 26.2 Å². The van der Waals surface area contributed by atoms with Crippen LogP contribution in [0.15, 0.2) is 30.3 Å². The zero-order chi connectivity index (χ0) is 15.3. The summed E-state index contributed by atoms with van der Waals surface area (Å²) in [6.45, 7) is 6.66. The minimum absolute atomic E-state index is 0.460. The molecular weight excluding hydrogens is 262 g/mol. The third-order valence-electron chi connectivity index (χ3n) is 4.69. The van der Waals surface area contributed by atoms with Crippen molar-refractivity contribution in [2.75, 3.05) is 26.8 Å². The summed E-state index contributed by atoms with van der Waals surface area (Å²) >= 11 is 0. The van der Waals surface area contributed by atoms with E-state index in [4.69, 9.17) is 4.74 Å². The van der Waals surface area contributed by atoms with Crippen LogP contribution in [0.1, 0.15) is 32.3 Å². The fourth-order valence-corrected chi connectivity index (χ4v) is 2.95. The van der Waals surface area contributed by atoms with Gasteiger partial charge in [0.15, 0.2) is 0 Å². The van der Waals surface area contributed by atoms with Gasteiger partial charge in [0.2, 0.25) is 0 Å². The van der Waals surface area contributed by atoms with E-state index in [9.17, 15) is 4.79 Å². The Morgan fingerprint density at radius 2 is 2.05 bits per heavy atom. The monoisotopic (exact) mass is 289 g/mol. The lowest BCUT2D eigenvalue weighted by atomic mass is 9.83. The van der Waals surface area contributed by atoms with Gasteiger partial charge in [-0.05, 0) is 38.2 Å². The summed E-state index contributed by atoms with van der Waals surface area (Å²) in [5.41, 5.74) is 0.628. The van der Waals surface area contributed by atoms with Gasteiger partial charge in [0.1, 0.15) is 6.29 Å². The van der Waals surface area contributed by atoms with Crippen LogP contribution < -0.4 is 0 Å². The highest BCUT2D eigenvalue weighted by Crippen LogP contribution is 2.36. The summed E-state index contributed by atoms with van der Waals surface area (Å²) in [7, 11) is 1.73. The molecule has 0 aromatic heterocycles. The lowest BCUT2D eigenvalue weighted by Crippen LogP contribution is -2.46. The summed E-state index contributed by atoms with van der Waals surface area (Å²) in [5, 5.41) is 0. The van der Waals surface area contributed by atoms with Crippen LogP contribution in [0, 0.1) is 5.92 Å². The number of hydrogen-bond donors (Lipinski definition) is 0. The van der Waals surface area contributed by atoms with Gasteiger partial charge < -0.3 is 9.53 Å². The van der Waals surface area contributed by atoms with Crippen molar-refractivity contribution in [2.45, 2.75) is 38.1 Å². The number of nitrogens with zero attached hydrogens (tertiary/aromatic N) is 1. The van der Waals surface area contributed by atoms with Gasteiger partial charge in [-0.15, -0.1) is 0 Å². The number of methoxy groups -OCH3 is 1. The maximum atomic E-state index is 11.8. The summed E-state index contributed by atoms with van der Waals surface area (Å²) in [6.07, 6.45) is 3.73. The number of ether oxygens (including phenoxy) is 1. The van der Waals surface area contributed by atoms with E-state index in [1.54, 1.807) is 7.11 Å². The van der Waals surface area contributed by atoms with Crippen LogP contribution in [0.5, 0.6) is 0 Å². The molecule has 1 aliphatic rings. The van der Waals surface area contributed by atoms with Gasteiger partial charge in [-0.25, -0.2) is 0 Å². The second-order valence-electron chi connectivity index (χ2n) is 6.44. The lowest BCUT2D eigenvalue weighted by molar-refractivity contribution is -0.113. The highest BCUT2D eigenvalue weighted by Gasteiger charge is 2.36. The van der Waals surface area contributed by atoms with Crippen LogP contribution in [0.25, 0.3) is 0 Å². The molecule has 2 atom stereocenters. The standard InChI is InChI=1S/C18H27NO2/c1-15(16-9-10-16)19(11-12-21-3)13-18(2,14-20)17-7-5-4-6-8-17/h4-8,14-16H,9-13H2,1-3H3. The number of aldehydes is 1. The molecule has 0 spiro atoms. The number of carbonyl (C=O) groups is 1. The predicted octanol–water partition coefficient (Wildman–Crippen LogP) is 2.89. The molecule has 0 radical (unpaired) electrons. The molecule has 1 aliphatic carbocycles. The number of benzene rings is 1. The molecule has 21 heavy (non-hydrogen) atoms. The normalized spacial score (nSPS) is 19.2. The van der Waals surface area contributed by atoms with E-state index in [1.807, 2.05) is 37.3 Å². The smallest absolute Gasteiger partial charge is 0.131 e. The van der Waals surface area contributed by atoms with E-state index in [0.29, 0.717) is 12.6 Å². The summed E-state index contributed by atoms with van der Waals surface area (Å²) in [5.74, 6) is 0.786. The fourth-order valence-electron chi connectivity index (χ4n) is 2.95. The zero-order valence-electron chi connectivity index (χ0n) is 13.4. The van der Waals surface area contributed by atoms with E-state index in [0.717, 1.165) is 30.9 Å². The molecule has 0 saturated heterocycles. The molecular formula is C18H27NO2. The van der Waals surface area contributed by atoms with Gasteiger partial charge in [0.05, 0.1) is 12.0 Å². The third kappa shape index (κ3) is 4.14. The molecule has 0 aliphatic heterocycles. The number of rotatable bonds is 9. The third-order valence-corrected chi connectivity index (χ3v) is 4.69. The van der Waals surface area contributed by atoms with Crippen molar-refractivity contribution < 1.29 is 9.53 Å². The van der Waals surface area contributed by atoms with Gasteiger partial charge in [-0.2, -0.15) is 0 Å². The molecule has 2 unspecified atom stereocenters. The molecule has 0 heterocycles. The van der Waals surface area contributed by atoms with E-state index in [1.165, 1.54) is 12.8 Å². The second-order valence-corrected chi connectivity index (χ2v) is 6.44. The van der Waals surface area contributed by atoms with E-state index >= 15 is 0 Å². The molecule has 0 amide bonds. The second kappa shape index (κ2) is 7.19. The number of hydrogen-bond acceptors (Lipinski definition) is 3. The van der Waals surface area contributed by atoms with Gasteiger partial charge in [0.25, 0.3) is 0 Å². The predicted molar refractivity (Wildman–Crippen MR) is 85.5 cm³/mol. The lowest BCUT2D eigenvalue weighted by Gasteiger charge is -2.36. The molecule has 3 heteroatoms. The van der Waals surface area contributed by atoms with Crippen LogP contribution in [-0.4, -0.2) is 44.0 Å². The Labute approximate surface area is 128 Å². The topological polar surface area (TPSA) is 29.5 Å². The van der Waals surface area contributed by atoms with E-state index in [2.05, 4.69) is 11.8 Å². The molecule has 0 N–H and O–H groups in total. The first kappa shape index (κ1) is 16.2. The molecule has 1 saturated carbocycles. The van der Waals surface area contributed by atoms with Crippen LogP contribution >= 0.6 is 0 Å². The molecule has 2 rings (SSSR count). The fraction of sp³-hybridized carbons (Fsp3) is 0.611. The molecule has 0 bridgehead atoms. The Hall–Kier alpha value is -1.19. The van der Waals surface area contributed by atoms with Crippen LogP contribution in [0.2, 0.25) is 0 Å². The molecule has 1 aromatic rings.